The number of carbonyl (C=O) groups excluding carboxylic acids is 3. The number of morpholine rings is 1. The first-order valence-corrected chi connectivity index (χ1v) is 14.3. The van der Waals surface area contributed by atoms with Crippen molar-refractivity contribution in [3.8, 4) is 0 Å². The normalized spacial score (nSPS) is 34.6. The number of hydrogen-bond acceptors (Lipinski definition) is 8. The molecule has 0 aromatic heterocycles. The van der Waals surface area contributed by atoms with Gasteiger partial charge in [0.25, 0.3) is 0 Å². The number of unbranched alkanes of at least 4 members (excludes halogenated alkanes) is 1. The predicted molar refractivity (Wildman–Crippen MR) is 145 cm³/mol. The molecule has 39 heavy (non-hydrogen) atoms. The molecule has 4 saturated heterocycles. The van der Waals surface area contributed by atoms with Crippen LogP contribution in [0.25, 0.3) is 0 Å². The van der Waals surface area contributed by atoms with E-state index in [0.29, 0.717) is 45.7 Å². The van der Waals surface area contributed by atoms with Crippen molar-refractivity contribution in [2.45, 2.75) is 63.3 Å². The van der Waals surface area contributed by atoms with Crippen molar-refractivity contribution in [1.82, 2.24) is 14.7 Å². The summed E-state index contributed by atoms with van der Waals surface area (Å²) in [7, 11) is 0. The van der Waals surface area contributed by atoms with E-state index in [4.69, 9.17) is 14.2 Å². The van der Waals surface area contributed by atoms with Crippen LogP contribution in [0.4, 0.5) is 0 Å². The first-order valence-electron chi connectivity index (χ1n) is 14.3. The Morgan fingerprint density at radius 2 is 2.00 bits per heavy atom. The van der Waals surface area contributed by atoms with E-state index in [2.05, 4.69) is 18.1 Å². The first kappa shape index (κ1) is 29.7. The lowest BCUT2D eigenvalue weighted by Gasteiger charge is -2.39. The van der Waals surface area contributed by atoms with Crippen LogP contribution in [-0.2, 0) is 28.6 Å². The molecule has 0 saturated carbocycles. The van der Waals surface area contributed by atoms with Gasteiger partial charge in [0.2, 0.25) is 11.8 Å². The van der Waals surface area contributed by atoms with Crippen molar-refractivity contribution >= 4 is 17.8 Å². The summed E-state index contributed by atoms with van der Waals surface area (Å²) in [5, 5.41) is 10.1. The molecule has 2 bridgehead atoms. The smallest absolute Gasteiger partial charge is 0.312 e. The molecule has 0 aromatic carbocycles. The van der Waals surface area contributed by atoms with Crippen LogP contribution in [0.15, 0.2) is 25.3 Å². The summed E-state index contributed by atoms with van der Waals surface area (Å²) in [5.74, 6) is -2.79. The van der Waals surface area contributed by atoms with Crippen molar-refractivity contribution in [3.63, 3.8) is 0 Å². The Hall–Kier alpha value is -2.27. The monoisotopic (exact) mass is 547 g/mol. The number of carbonyl (C=O) groups is 3. The molecule has 7 atom stereocenters. The van der Waals surface area contributed by atoms with Crippen molar-refractivity contribution in [3.05, 3.63) is 25.3 Å². The van der Waals surface area contributed by atoms with Crippen LogP contribution in [0.5, 0.6) is 0 Å². The van der Waals surface area contributed by atoms with Gasteiger partial charge < -0.3 is 29.1 Å². The molecule has 0 aliphatic carbocycles. The number of rotatable bonds is 13. The third kappa shape index (κ3) is 5.16. The summed E-state index contributed by atoms with van der Waals surface area (Å²) in [5.41, 5.74) is -2.10. The minimum Gasteiger partial charge on any atom is -0.465 e. The molecular weight excluding hydrogens is 502 g/mol. The third-order valence-electron chi connectivity index (χ3n) is 9.23. The van der Waals surface area contributed by atoms with E-state index in [-0.39, 0.29) is 30.9 Å². The lowest BCUT2D eigenvalue weighted by atomic mass is 9.62. The highest BCUT2D eigenvalue weighted by Gasteiger charge is 2.80. The number of likely N-dealkylation sites (tertiary alicyclic amines) is 1. The molecule has 0 aromatic rings. The molecule has 2 amide bonds. The fourth-order valence-electron chi connectivity index (χ4n) is 7.07. The lowest BCUT2D eigenvalue weighted by molar-refractivity contribution is -0.163. The van der Waals surface area contributed by atoms with E-state index in [9.17, 15) is 19.5 Å². The zero-order chi connectivity index (χ0) is 28.4. The Morgan fingerprint density at radius 3 is 2.64 bits per heavy atom. The molecule has 218 valence electrons. The van der Waals surface area contributed by atoms with Gasteiger partial charge in [-0.05, 0) is 39.0 Å². The summed E-state index contributed by atoms with van der Waals surface area (Å²) in [6.45, 7) is 17.4. The Labute approximate surface area is 231 Å². The molecular formula is C29H45N3O7. The maximum absolute atomic E-state index is 14.4. The van der Waals surface area contributed by atoms with E-state index in [1.54, 1.807) is 24.0 Å². The number of aliphatic hydroxyl groups is 1. The Kier molecular flexibility index (Phi) is 9.20. The molecule has 4 aliphatic rings. The highest BCUT2D eigenvalue weighted by atomic mass is 16.6. The van der Waals surface area contributed by atoms with E-state index < -0.39 is 41.1 Å². The summed E-state index contributed by atoms with van der Waals surface area (Å²) >= 11 is 0. The quantitative estimate of drug-likeness (QED) is 0.208. The molecule has 10 heteroatoms. The maximum Gasteiger partial charge on any atom is 0.312 e. The maximum atomic E-state index is 14.4. The summed E-state index contributed by atoms with van der Waals surface area (Å²) in [6.07, 6.45) is 5.29. The van der Waals surface area contributed by atoms with Gasteiger partial charge in [-0.2, -0.15) is 0 Å². The minimum absolute atomic E-state index is 0.0758. The zero-order valence-electron chi connectivity index (χ0n) is 23.7. The standard InChI is InChI=1S/C29H45N3O7/c1-6-8-9-15-38-27(36)23-22-25(34)32(21(4)19-33)24(29(22)18-20(3)28(23,5)39-29)26(35)31(10-7-2)12-11-30-13-16-37-17-14-30/h6-7,20-24,33H,1-2,8-19H2,3-5H3/t20?,21-,22+,23+,24?,28-,29?/m1/s1. The SMILES string of the molecule is C=CCCCOC(=O)[C@@H]1[C@H]2C(=O)N([C@H](C)CO)C(C(=O)N(CC=C)CCN3CCOCC3)C23CC(C)[C@@]1(C)O3. The van der Waals surface area contributed by atoms with Gasteiger partial charge in [0.1, 0.15) is 17.6 Å². The Balaban J connectivity index is 1.66. The number of allylic oxidation sites excluding steroid dienone is 1. The zero-order valence-corrected chi connectivity index (χ0v) is 23.7. The molecule has 0 radical (unpaired) electrons. The average molecular weight is 548 g/mol. The number of esters is 1. The third-order valence-corrected chi connectivity index (χ3v) is 9.23. The van der Waals surface area contributed by atoms with E-state index in [1.165, 1.54) is 4.90 Å². The number of ether oxygens (including phenoxy) is 3. The van der Waals surface area contributed by atoms with Gasteiger partial charge in [-0.15, -0.1) is 13.2 Å². The minimum atomic E-state index is -1.17. The van der Waals surface area contributed by atoms with Gasteiger partial charge in [-0.25, -0.2) is 0 Å². The van der Waals surface area contributed by atoms with Gasteiger partial charge in [-0.1, -0.05) is 19.1 Å². The number of fused-ring (bicyclic) bond motifs is 1. The predicted octanol–water partition coefficient (Wildman–Crippen LogP) is 1.23. The number of nitrogens with zero attached hydrogens (tertiary/aromatic N) is 3. The molecule has 4 rings (SSSR count). The fraction of sp³-hybridized carbons (Fsp3) is 0.759. The van der Waals surface area contributed by atoms with Crippen LogP contribution in [0.2, 0.25) is 0 Å². The molecule has 1 spiro atoms. The van der Waals surface area contributed by atoms with Crippen molar-refractivity contribution < 1.29 is 33.7 Å². The van der Waals surface area contributed by atoms with E-state index in [1.807, 2.05) is 13.8 Å². The summed E-state index contributed by atoms with van der Waals surface area (Å²) < 4.78 is 17.8. The van der Waals surface area contributed by atoms with Crippen LogP contribution in [0.1, 0.15) is 40.0 Å². The van der Waals surface area contributed by atoms with Crippen LogP contribution in [0.3, 0.4) is 0 Å². The fourth-order valence-corrected chi connectivity index (χ4v) is 7.07. The van der Waals surface area contributed by atoms with Crippen molar-refractivity contribution in [1.29, 1.82) is 0 Å². The Bertz CT molecular complexity index is 953. The van der Waals surface area contributed by atoms with Crippen molar-refractivity contribution in [2.75, 3.05) is 59.2 Å². The van der Waals surface area contributed by atoms with Gasteiger partial charge >= 0.3 is 5.97 Å². The van der Waals surface area contributed by atoms with Gasteiger partial charge in [0.05, 0.1) is 44.0 Å². The topological polar surface area (TPSA) is 109 Å². The Morgan fingerprint density at radius 1 is 1.28 bits per heavy atom. The molecule has 4 heterocycles. The second-order valence-electron chi connectivity index (χ2n) is 11.6. The van der Waals surface area contributed by atoms with Crippen molar-refractivity contribution in [2.24, 2.45) is 17.8 Å². The lowest BCUT2D eigenvalue weighted by Crippen LogP contribution is -2.59. The highest BCUT2D eigenvalue weighted by Crippen LogP contribution is 2.65. The molecule has 3 unspecified atom stereocenters. The summed E-state index contributed by atoms with van der Waals surface area (Å²) in [4.78, 5) is 47.5. The van der Waals surface area contributed by atoms with Gasteiger partial charge in [0.15, 0.2) is 0 Å². The second kappa shape index (κ2) is 12.1. The van der Waals surface area contributed by atoms with E-state index in [0.717, 1.165) is 19.5 Å². The van der Waals surface area contributed by atoms with Crippen LogP contribution < -0.4 is 0 Å². The number of aliphatic hydroxyl groups excluding tert-OH is 1. The highest BCUT2D eigenvalue weighted by molar-refractivity contribution is 5.98. The largest absolute Gasteiger partial charge is 0.465 e. The van der Waals surface area contributed by atoms with Gasteiger partial charge in [0, 0.05) is 32.7 Å². The second-order valence-corrected chi connectivity index (χ2v) is 11.6. The summed E-state index contributed by atoms with van der Waals surface area (Å²) in [6, 6.07) is -1.57. The van der Waals surface area contributed by atoms with Crippen LogP contribution in [-0.4, -0.2) is 120 Å². The molecule has 4 fully saturated rings. The number of amides is 2. The van der Waals surface area contributed by atoms with E-state index >= 15 is 0 Å². The van der Waals surface area contributed by atoms with Gasteiger partial charge in [-0.3, -0.25) is 19.3 Å². The first-order chi connectivity index (χ1) is 18.7. The average Bonchev–Trinajstić information content (AvgIpc) is 3.45. The molecule has 1 N–H and O–H groups in total. The van der Waals surface area contributed by atoms with Crippen LogP contribution in [0, 0.1) is 17.8 Å². The molecule has 10 nitrogen and oxygen atoms in total. The van der Waals surface area contributed by atoms with Crippen LogP contribution >= 0.6 is 0 Å². The number of hydrogen-bond donors (Lipinski definition) is 1. The molecule has 4 aliphatic heterocycles.